The van der Waals surface area contributed by atoms with Gasteiger partial charge >= 0.3 is 0 Å². The standard InChI is InChI=1S/C21H26N2O.ClH/c1-15(22)18-9-6-16(7-10-18)14-23-21(24)13-17-8-11-19-4-2-3-5-20(19)12-17;/h2-7,9-10,15,17H,8,11-14,22H2,1H3,(H,23,24);1H. The first kappa shape index (κ1) is 19.5. The summed E-state index contributed by atoms with van der Waals surface area (Å²) in [5, 5.41) is 3.05. The summed E-state index contributed by atoms with van der Waals surface area (Å²) in [5.41, 5.74) is 10.9. The number of fused-ring (bicyclic) bond motifs is 1. The maximum Gasteiger partial charge on any atom is 0.220 e. The molecule has 25 heavy (non-hydrogen) atoms. The highest BCUT2D eigenvalue weighted by atomic mass is 35.5. The molecule has 0 aromatic heterocycles. The Morgan fingerprint density at radius 2 is 1.84 bits per heavy atom. The molecule has 0 bridgehead atoms. The van der Waals surface area contributed by atoms with Crippen LogP contribution in [0.4, 0.5) is 0 Å². The zero-order valence-corrected chi connectivity index (χ0v) is 15.5. The molecule has 2 aromatic carbocycles. The lowest BCUT2D eigenvalue weighted by Gasteiger charge is -2.24. The summed E-state index contributed by atoms with van der Waals surface area (Å²) in [6.45, 7) is 2.56. The van der Waals surface area contributed by atoms with E-state index in [2.05, 4.69) is 29.6 Å². The van der Waals surface area contributed by atoms with Crippen LogP contribution in [-0.2, 0) is 24.2 Å². The van der Waals surface area contributed by atoms with Crippen LogP contribution in [-0.4, -0.2) is 5.91 Å². The van der Waals surface area contributed by atoms with Gasteiger partial charge in [-0.3, -0.25) is 4.79 Å². The first-order valence-electron chi connectivity index (χ1n) is 8.79. The molecule has 2 atom stereocenters. The second kappa shape index (κ2) is 9.02. The Morgan fingerprint density at radius 3 is 2.52 bits per heavy atom. The largest absolute Gasteiger partial charge is 0.352 e. The number of nitrogens with one attached hydrogen (secondary N) is 1. The molecule has 3 nitrogen and oxygen atoms in total. The minimum absolute atomic E-state index is 0. The van der Waals surface area contributed by atoms with E-state index in [1.807, 2.05) is 31.2 Å². The lowest BCUT2D eigenvalue weighted by molar-refractivity contribution is -0.122. The van der Waals surface area contributed by atoms with Crippen molar-refractivity contribution in [3.63, 3.8) is 0 Å². The molecule has 134 valence electrons. The number of hydrogen-bond donors (Lipinski definition) is 2. The molecule has 0 heterocycles. The molecule has 1 amide bonds. The second-order valence-corrected chi connectivity index (χ2v) is 6.89. The van der Waals surface area contributed by atoms with Crippen molar-refractivity contribution in [3.8, 4) is 0 Å². The zero-order chi connectivity index (χ0) is 16.9. The number of rotatable bonds is 5. The van der Waals surface area contributed by atoms with Gasteiger partial charge in [0.2, 0.25) is 5.91 Å². The van der Waals surface area contributed by atoms with Gasteiger partial charge in [0.25, 0.3) is 0 Å². The monoisotopic (exact) mass is 358 g/mol. The fourth-order valence-electron chi connectivity index (χ4n) is 3.42. The number of carbonyl (C=O) groups is 1. The molecule has 0 radical (unpaired) electrons. The van der Waals surface area contributed by atoms with Gasteiger partial charge in [0.1, 0.15) is 0 Å². The summed E-state index contributed by atoms with van der Waals surface area (Å²) in [4.78, 5) is 12.2. The Hall–Kier alpha value is -1.84. The van der Waals surface area contributed by atoms with Gasteiger partial charge in [0.05, 0.1) is 0 Å². The Labute approximate surface area is 156 Å². The summed E-state index contributed by atoms with van der Waals surface area (Å²) in [7, 11) is 0. The maximum absolute atomic E-state index is 12.2. The van der Waals surface area contributed by atoms with Crippen molar-refractivity contribution in [2.24, 2.45) is 11.7 Å². The number of aryl methyl sites for hydroxylation is 1. The number of carbonyl (C=O) groups excluding carboxylic acids is 1. The van der Waals surface area contributed by atoms with Crippen molar-refractivity contribution >= 4 is 18.3 Å². The molecule has 2 unspecified atom stereocenters. The van der Waals surface area contributed by atoms with Crippen LogP contribution in [0.2, 0.25) is 0 Å². The molecule has 2 aromatic rings. The lowest BCUT2D eigenvalue weighted by atomic mass is 9.82. The first-order chi connectivity index (χ1) is 11.6. The molecule has 0 spiro atoms. The molecular weight excluding hydrogens is 332 g/mol. The molecule has 0 saturated carbocycles. The third kappa shape index (κ3) is 5.32. The fraction of sp³-hybridized carbons (Fsp3) is 0.381. The SMILES string of the molecule is CC(N)c1ccc(CNC(=O)CC2CCc3ccccc3C2)cc1.Cl. The summed E-state index contributed by atoms with van der Waals surface area (Å²) in [5.74, 6) is 0.607. The fourth-order valence-corrected chi connectivity index (χ4v) is 3.42. The smallest absolute Gasteiger partial charge is 0.220 e. The summed E-state index contributed by atoms with van der Waals surface area (Å²) in [6.07, 6.45) is 3.83. The van der Waals surface area contributed by atoms with Crippen LogP contribution < -0.4 is 11.1 Å². The van der Waals surface area contributed by atoms with Crippen molar-refractivity contribution in [2.45, 2.75) is 45.2 Å². The molecule has 3 rings (SSSR count). The van der Waals surface area contributed by atoms with Crippen molar-refractivity contribution in [2.75, 3.05) is 0 Å². The summed E-state index contributed by atoms with van der Waals surface area (Å²) >= 11 is 0. The van der Waals surface area contributed by atoms with Crippen LogP contribution in [0.1, 0.15) is 48.1 Å². The quantitative estimate of drug-likeness (QED) is 0.850. The van der Waals surface area contributed by atoms with E-state index < -0.39 is 0 Å². The molecule has 0 fully saturated rings. The number of halogens is 1. The van der Waals surface area contributed by atoms with Gasteiger partial charge in [-0.2, -0.15) is 0 Å². The van der Waals surface area contributed by atoms with Gasteiger partial charge in [0, 0.05) is 19.0 Å². The van der Waals surface area contributed by atoms with E-state index in [1.165, 1.54) is 11.1 Å². The molecule has 0 aliphatic heterocycles. The van der Waals surface area contributed by atoms with E-state index >= 15 is 0 Å². The van der Waals surface area contributed by atoms with E-state index in [1.54, 1.807) is 0 Å². The first-order valence-corrected chi connectivity index (χ1v) is 8.79. The summed E-state index contributed by atoms with van der Waals surface area (Å²) < 4.78 is 0. The van der Waals surface area contributed by atoms with Gasteiger partial charge in [-0.05, 0) is 54.4 Å². The van der Waals surface area contributed by atoms with Gasteiger partial charge in [0.15, 0.2) is 0 Å². The number of hydrogen-bond acceptors (Lipinski definition) is 2. The minimum atomic E-state index is 0. The lowest BCUT2D eigenvalue weighted by Crippen LogP contribution is -2.27. The second-order valence-electron chi connectivity index (χ2n) is 6.89. The molecule has 4 heteroatoms. The molecule has 1 aliphatic carbocycles. The van der Waals surface area contributed by atoms with Crippen LogP contribution in [0.3, 0.4) is 0 Å². The Bertz CT molecular complexity index is 697. The van der Waals surface area contributed by atoms with E-state index in [4.69, 9.17) is 5.73 Å². The van der Waals surface area contributed by atoms with E-state index in [0.29, 0.717) is 18.9 Å². The highest BCUT2D eigenvalue weighted by Gasteiger charge is 2.20. The van der Waals surface area contributed by atoms with E-state index in [0.717, 1.165) is 30.4 Å². The van der Waals surface area contributed by atoms with Crippen LogP contribution >= 0.6 is 12.4 Å². The molecule has 1 aliphatic rings. The number of benzene rings is 2. The minimum Gasteiger partial charge on any atom is -0.352 e. The average Bonchev–Trinajstić information content (AvgIpc) is 2.60. The number of nitrogens with two attached hydrogens (primary N) is 1. The highest BCUT2D eigenvalue weighted by molar-refractivity contribution is 5.85. The van der Waals surface area contributed by atoms with Crippen molar-refractivity contribution in [3.05, 3.63) is 70.8 Å². The van der Waals surface area contributed by atoms with Gasteiger partial charge in [-0.25, -0.2) is 0 Å². The third-order valence-electron chi connectivity index (χ3n) is 4.92. The van der Waals surface area contributed by atoms with Crippen molar-refractivity contribution in [1.82, 2.24) is 5.32 Å². The molecule has 3 N–H and O–H groups in total. The van der Waals surface area contributed by atoms with Crippen LogP contribution in [0.25, 0.3) is 0 Å². The van der Waals surface area contributed by atoms with Crippen LogP contribution in [0.15, 0.2) is 48.5 Å². The van der Waals surface area contributed by atoms with Crippen molar-refractivity contribution < 1.29 is 4.79 Å². The van der Waals surface area contributed by atoms with Gasteiger partial charge in [-0.1, -0.05) is 48.5 Å². The predicted octanol–water partition coefficient (Wildman–Crippen LogP) is 3.94. The van der Waals surface area contributed by atoms with Crippen LogP contribution in [0, 0.1) is 5.92 Å². The van der Waals surface area contributed by atoms with E-state index in [9.17, 15) is 4.79 Å². The Morgan fingerprint density at radius 1 is 1.16 bits per heavy atom. The highest BCUT2D eigenvalue weighted by Crippen LogP contribution is 2.27. The Balaban J connectivity index is 0.00000225. The van der Waals surface area contributed by atoms with E-state index in [-0.39, 0.29) is 24.4 Å². The van der Waals surface area contributed by atoms with Crippen LogP contribution in [0.5, 0.6) is 0 Å². The number of amides is 1. The van der Waals surface area contributed by atoms with Gasteiger partial charge in [-0.15, -0.1) is 12.4 Å². The maximum atomic E-state index is 12.2. The predicted molar refractivity (Wildman–Crippen MR) is 105 cm³/mol. The normalized spacial score (nSPS) is 17.1. The molecular formula is C21H27ClN2O. The summed E-state index contributed by atoms with van der Waals surface area (Å²) in [6, 6.07) is 16.8. The third-order valence-corrected chi connectivity index (χ3v) is 4.92. The topological polar surface area (TPSA) is 55.1 Å². The zero-order valence-electron chi connectivity index (χ0n) is 14.7. The Kier molecular flexibility index (Phi) is 7.03. The molecule has 0 saturated heterocycles. The average molecular weight is 359 g/mol. The van der Waals surface area contributed by atoms with Crippen molar-refractivity contribution in [1.29, 1.82) is 0 Å². The van der Waals surface area contributed by atoms with Gasteiger partial charge < -0.3 is 11.1 Å².